The van der Waals surface area contributed by atoms with Crippen LogP contribution in [0, 0.1) is 11.6 Å². The fourth-order valence-corrected chi connectivity index (χ4v) is 2.08. The summed E-state index contributed by atoms with van der Waals surface area (Å²) in [7, 11) is 1.20. The zero-order chi connectivity index (χ0) is 17.7. The van der Waals surface area contributed by atoms with Gasteiger partial charge in [-0.2, -0.15) is 0 Å². The molecule has 0 radical (unpaired) electrons. The standard InChI is InChI=1S/C17H12ClF2NO3/c1-24-17(23)12-9-10(5-7-13(12)18)21-16(22)8-6-11-14(19)3-2-4-15(11)20/h2-9H,1H3,(H,21,22)/b8-6+. The Morgan fingerprint density at radius 1 is 1.17 bits per heavy atom. The number of hydrogen-bond acceptors (Lipinski definition) is 3. The highest BCUT2D eigenvalue weighted by atomic mass is 35.5. The second-order valence-electron chi connectivity index (χ2n) is 4.64. The number of anilines is 1. The lowest BCUT2D eigenvalue weighted by atomic mass is 10.1. The lowest BCUT2D eigenvalue weighted by molar-refractivity contribution is -0.111. The molecule has 0 fully saturated rings. The largest absolute Gasteiger partial charge is 0.465 e. The number of carbonyl (C=O) groups is 2. The Morgan fingerprint density at radius 3 is 2.46 bits per heavy atom. The molecule has 124 valence electrons. The molecule has 0 unspecified atom stereocenters. The van der Waals surface area contributed by atoms with Gasteiger partial charge in [0.1, 0.15) is 11.6 Å². The lowest BCUT2D eigenvalue weighted by Crippen LogP contribution is -2.09. The molecule has 0 heterocycles. The third kappa shape index (κ3) is 4.17. The van der Waals surface area contributed by atoms with Gasteiger partial charge in [0.15, 0.2) is 0 Å². The van der Waals surface area contributed by atoms with E-state index in [1.54, 1.807) is 0 Å². The minimum Gasteiger partial charge on any atom is -0.465 e. The van der Waals surface area contributed by atoms with E-state index in [4.69, 9.17) is 11.6 Å². The molecule has 0 aliphatic rings. The summed E-state index contributed by atoms with van der Waals surface area (Å²) in [5, 5.41) is 2.63. The molecule has 2 aromatic carbocycles. The van der Waals surface area contributed by atoms with Gasteiger partial charge in [0, 0.05) is 17.3 Å². The van der Waals surface area contributed by atoms with E-state index in [1.807, 2.05) is 0 Å². The first-order valence-electron chi connectivity index (χ1n) is 6.73. The quantitative estimate of drug-likeness (QED) is 0.667. The molecular weight excluding hydrogens is 340 g/mol. The maximum atomic E-state index is 13.5. The van der Waals surface area contributed by atoms with Gasteiger partial charge in [-0.1, -0.05) is 17.7 Å². The fraction of sp³-hybridized carbons (Fsp3) is 0.0588. The van der Waals surface area contributed by atoms with Crippen molar-refractivity contribution in [2.45, 2.75) is 0 Å². The number of rotatable bonds is 4. The molecule has 0 saturated carbocycles. The summed E-state index contributed by atoms with van der Waals surface area (Å²) in [6.07, 6.45) is 2.01. The first-order chi connectivity index (χ1) is 11.4. The lowest BCUT2D eigenvalue weighted by Gasteiger charge is -2.06. The molecule has 1 amide bonds. The van der Waals surface area contributed by atoms with E-state index in [2.05, 4.69) is 10.1 Å². The number of benzene rings is 2. The molecule has 2 rings (SSSR count). The maximum absolute atomic E-state index is 13.5. The minimum atomic E-state index is -0.779. The number of esters is 1. The molecule has 0 aliphatic carbocycles. The van der Waals surface area contributed by atoms with Gasteiger partial charge in [-0.3, -0.25) is 4.79 Å². The molecule has 0 aliphatic heterocycles. The predicted molar refractivity (Wildman–Crippen MR) is 86.8 cm³/mol. The van der Waals surface area contributed by atoms with Crippen LogP contribution < -0.4 is 5.32 Å². The Hall–Kier alpha value is -2.73. The Kier molecular flexibility index (Phi) is 5.65. The van der Waals surface area contributed by atoms with E-state index in [0.29, 0.717) is 0 Å². The molecular formula is C17H12ClF2NO3. The number of hydrogen-bond donors (Lipinski definition) is 1. The van der Waals surface area contributed by atoms with E-state index in [0.717, 1.165) is 24.3 Å². The number of carbonyl (C=O) groups excluding carboxylic acids is 2. The molecule has 0 saturated heterocycles. The molecule has 7 heteroatoms. The Labute approximate surface area is 141 Å². The number of methoxy groups -OCH3 is 1. The molecule has 0 bridgehead atoms. The molecule has 0 atom stereocenters. The fourth-order valence-electron chi connectivity index (χ4n) is 1.88. The van der Waals surface area contributed by atoms with E-state index in [-0.39, 0.29) is 21.8 Å². The highest BCUT2D eigenvalue weighted by Crippen LogP contribution is 2.21. The number of nitrogens with one attached hydrogen (secondary N) is 1. The van der Waals surface area contributed by atoms with Crippen molar-refractivity contribution in [3.63, 3.8) is 0 Å². The first-order valence-corrected chi connectivity index (χ1v) is 7.11. The van der Waals surface area contributed by atoms with Crippen LogP contribution in [0.15, 0.2) is 42.5 Å². The van der Waals surface area contributed by atoms with Crippen LogP contribution in [0.2, 0.25) is 5.02 Å². The van der Waals surface area contributed by atoms with Crippen molar-refractivity contribution < 1.29 is 23.1 Å². The van der Waals surface area contributed by atoms with Crippen LogP contribution in [0.1, 0.15) is 15.9 Å². The zero-order valence-corrected chi connectivity index (χ0v) is 13.2. The molecule has 0 aromatic heterocycles. The van der Waals surface area contributed by atoms with Crippen molar-refractivity contribution in [2.24, 2.45) is 0 Å². The minimum absolute atomic E-state index is 0.0843. The topological polar surface area (TPSA) is 55.4 Å². The number of halogens is 3. The summed E-state index contributed by atoms with van der Waals surface area (Å²) >= 11 is 5.87. The van der Waals surface area contributed by atoms with Crippen molar-refractivity contribution in [1.29, 1.82) is 0 Å². The van der Waals surface area contributed by atoms with Gasteiger partial charge in [0.25, 0.3) is 0 Å². The molecule has 24 heavy (non-hydrogen) atoms. The third-order valence-electron chi connectivity index (χ3n) is 3.04. The van der Waals surface area contributed by atoms with Crippen LogP contribution in [0.3, 0.4) is 0 Å². The average Bonchev–Trinajstić information content (AvgIpc) is 2.55. The highest BCUT2D eigenvalue weighted by Gasteiger charge is 2.12. The van der Waals surface area contributed by atoms with Crippen LogP contribution in [0.4, 0.5) is 14.5 Å². The van der Waals surface area contributed by atoms with Gasteiger partial charge in [-0.25, -0.2) is 13.6 Å². The monoisotopic (exact) mass is 351 g/mol. The molecule has 4 nitrogen and oxygen atoms in total. The van der Waals surface area contributed by atoms with Crippen LogP contribution >= 0.6 is 11.6 Å². The normalized spacial score (nSPS) is 10.7. The van der Waals surface area contributed by atoms with Crippen LogP contribution in [-0.4, -0.2) is 19.0 Å². The SMILES string of the molecule is COC(=O)c1cc(NC(=O)/C=C/c2c(F)cccc2F)ccc1Cl. The summed E-state index contributed by atoms with van der Waals surface area (Å²) in [6, 6.07) is 7.63. The van der Waals surface area contributed by atoms with Crippen LogP contribution in [0.25, 0.3) is 6.08 Å². The van der Waals surface area contributed by atoms with E-state index >= 15 is 0 Å². The summed E-state index contributed by atoms with van der Waals surface area (Å²) in [5.41, 5.74) is 0.0450. The summed E-state index contributed by atoms with van der Waals surface area (Å²) in [6.45, 7) is 0. The Morgan fingerprint density at radius 2 is 1.83 bits per heavy atom. The predicted octanol–water partition coefficient (Wildman–Crippen LogP) is 4.06. The van der Waals surface area contributed by atoms with Crippen molar-refractivity contribution >= 4 is 35.2 Å². The Bertz CT molecular complexity index is 801. The molecule has 0 spiro atoms. The van der Waals surface area contributed by atoms with E-state index in [9.17, 15) is 18.4 Å². The maximum Gasteiger partial charge on any atom is 0.339 e. The van der Waals surface area contributed by atoms with E-state index in [1.165, 1.54) is 31.4 Å². The second-order valence-corrected chi connectivity index (χ2v) is 5.05. The summed E-state index contributed by atoms with van der Waals surface area (Å²) < 4.78 is 31.5. The van der Waals surface area contributed by atoms with Crippen molar-refractivity contribution in [2.75, 3.05) is 12.4 Å². The second kappa shape index (κ2) is 7.70. The van der Waals surface area contributed by atoms with Gasteiger partial charge in [-0.05, 0) is 36.4 Å². The van der Waals surface area contributed by atoms with Crippen molar-refractivity contribution in [3.05, 3.63) is 70.3 Å². The highest BCUT2D eigenvalue weighted by molar-refractivity contribution is 6.33. The van der Waals surface area contributed by atoms with Crippen molar-refractivity contribution in [1.82, 2.24) is 0 Å². The number of ether oxygens (including phenoxy) is 1. The summed E-state index contributed by atoms with van der Waals surface area (Å²) in [5.74, 6) is -2.84. The van der Waals surface area contributed by atoms with Crippen molar-refractivity contribution in [3.8, 4) is 0 Å². The average molecular weight is 352 g/mol. The van der Waals surface area contributed by atoms with Gasteiger partial charge in [-0.15, -0.1) is 0 Å². The van der Waals surface area contributed by atoms with Gasteiger partial charge in [0.2, 0.25) is 5.91 Å². The van der Waals surface area contributed by atoms with Gasteiger partial charge in [0.05, 0.1) is 17.7 Å². The van der Waals surface area contributed by atoms with Crippen LogP contribution in [0.5, 0.6) is 0 Å². The van der Waals surface area contributed by atoms with Gasteiger partial charge >= 0.3 is 5.97 Å². The zero-order valence-electron chi connectivity index (χ0n) is 12.5. The van der Waals surface area contributed by atoms with E-state index < -0.39 is 23.5 Å². The molecule has 2 aromatic rings. The van der Waals surface area contributed by atoms with Gasteiger partial charge < -0.3 is 10.1 Å². The first kappa shape index (κ1) is 17.6. The number of amides is 1. The molecule has 1 N–H and O–H groups in total. The Balaban J connectivity index is 2.16. The van der Waals surface area contributed by atoms with Crippen LogP contribution in [-0.2, 0) is 9.53 Å². The smallest absolute Gasteiger partial charge is 0.339 e. The third-order valence-corrected chi connectivity index (χ3v) is 3.37. The summed E-state index contributed by atoms with van der Waals surface area (Å²) in [4.78, 5) is 23.4.